The second-order valence-corrected chi connectivity index (χ2v) is 5.77. The molecule has 0 saturated heterocycles. The average Bonchev–Trinajstić information content (AvgIpc) is 3.16. The van der Waals surface area contributed by atoms with Crippen LogP contribution in [-0.4, -0.2) is 19.5 Å². The minimum absolute atomic E-state index is 0.883. The summed E-state index contributed by atoms with van der Waals surface area (Å²) in [5.41, 5.74) is 2.43. The second kappa shape index (κ2) is 4.79. The highest BCUT2D eigenvalue weighted by atomic mass is 32.1. The van der Waals surface area contributed by atoms with Crippen molar-refractivity contribution in [1.82, 2.24) is 19.5 Å². The van der Waals surface area contributed by atoms with Gasteiger partial charge in [0.2, 0.25) is 0 Å². The third-order valence-corrected chi connectivity index (χ3v) is 4.74. The van der Waals surface area contributed by atoms with Crippen LogP contribution in [-0.2, 0) is 0 Å². The molecule has 5 heteroatoms. The zero-order valence-electron chi connectivity index (χ0n) is 11.4. The molecule has 0 saturated carbocycles. The molecule has 0 N–H and O–H groups in total. The fourth-order valence-electron chi connectivity index (χ4n) is 2.50. The van der Waals surface area contributed by atoms with Crippen LogP contribution >= 0.6 is 11.3 Å². The van der Waals surface area contributed by atoms with Gasteiger partial charge in [0.05, 0.1) is 5.39 Å². The molecule has 3 heterocycles. The van der Waals surface area contributed by atoms with Crippen LogP contribution in [0.25, 0.3) is 26.5 Å². The first-order chi connectivity index (χ1) is 10.3. The summed E-state index contributed by atoms with van der Waals surface area (Å²) in [4.78, 5) is 15.2. The molecule has 0 aliphatic heterocycles. The summed E-state index contributed by atoms with van der Waals surface area (Å²) in [6.07, 6.45) is 7.04. The predicted octanol–water partition coefficient (Wildman–Crippen LogP) is 3.85. The number of aromatic nitrogens is 4. The maximum atomic E-state index is 4.44. The van der Waals surface area contributed by atoms with Crippen molar-refractivity contribution in [3.63, 3.8) is 0 Å². The van der Waals surface area contributed by atoms with Gasteiger partial charge in [-0.25, -0.2) is 15.0 Å². The Bertz CT molecular complexity index is 895. The Morgan fingerprint density at radius 2 is 1.95 bits per heavy atom. The van der Waals surface area contributed by atoms with Crippen LogP contribution in [0.5, 0.6) is 0 Å². The maximum Gasteiger partial charge on any atom is 0.150 e. The lowest BCUT2D eigenvalue weighted by Gasteiger charge is -2.03. The molecular formula is C16H12N4S. The van der Waals surface area contributed by atoms with Crippen LogP contribution in [0.15, 0.2) is 55.4 Å². The Hall–Kier alpha value is -2.53. The molecule has 0 aliphatic rings. The molecule has 0 spiro atoms. The molecular weight excluding hydrogens is 280 g/mol. The molecule has 0 atom stereocenters. The molecule has 0 bridgehead atoms. The van der Waals surface area contributed by atoms with Gasteiger partial charge in [0, 0.05) is 17.3 Å². The van der Waals surface area contributed by atoms with Gasteiger partial charge in [-0.2, -0.15) is 0 Å². The van der Waals surface area contributed by atoms with Gasteiger partial charge in [0.1, 0.15) is 23.3 Å². The van der Waals surface area contributed by atoms with Crippen molar-refractivity contribution >= 4 is 21.6 Å². The number of fused-ring (bicyclic) bond motifs is 1. The smallest absolute Gasteiger partial charge is 0.150 e. The van der Waals surface area contributed by atoms with Gasteiger partial charge >= 0.3 is 0 Å². The molecule has 4 rings (SSSR count). The predicted molar refractivity (Wildman–Crippen MR) is 84.7 cm³/mol. The Morgan fingerprint density at radius 1 is 1.10 bits per heavy atom. The molecule has 21 heavy (non-hydrogen) atoms. The average molecular weight is 292 g/mol. The largest absolute Gasteiger partial charge is 0.290 e. The zero-order chi connectivity index (χ0) is 14.2. The normalized spacial score (nSPS) is 11.1. The van der Waals surface area contributed by atoms with Gasteiger partial charge < -0.3 is 0 Å². The maximum absolute atomic E-state index is 4.44. The number of nitrogens with zero attached hydrogens (tertiary/aromatic N) is 4. The molecule has 102 valence electrons. The number of rotatable bonds is 2. The summed E-state index contributed by atoms with van der Waals surface area (Å²) < 4.78 is 1.93. The van der Waals surface area contributed by atoms with E-state index in [1.807, 2.05) is 16.8 Å². The monoisotopic (exact) mass is 292 g/mol. The summed E-state index contributed by atoms with van der Waals surface area (Å²) >= 11 is 1.70. The van der Waals surface area contributed by atoms with Gasteiger partial charge in [-0.3, -0.25) is 4.57 Å². The quantitative estimate of drug-likeness (QED) is 0.563. The van der Waals surface area contributed by atoms with Crippen LogP contribution in [0.2, 0.25) is 0 Å². The van der Waals surface area contributed by atoms with Crippen LogP contribution < -0.4 is 0 Å². The minimum atomic E-state index is 0.883. The SMILES string of the molecule is Cc1c(-c2ccccc2)sc2ncnc(-n3ccnc3)c12. The molecule has 0 radical (unpaired) electrons. The van der Waals surface area contributed by atoms with Crippen molar-refractivity contribution in [1.29, 1.82) is 0 Å². The second-order valence-electron chi connectivity index (χ2n) is 4.77. The molecule has 0 amide bonds. The van der Waals surface area contributed by atoms with E-state index in [0.29, 0.717) is 0 Å². The van der Waals surface area contributed by atoms with Gasteiger partial charge in [0.15, 0.2) is 0 Å². The van der Waals surface area contributed by atoms with Gasteiger partial charge in [-0.15, -0.1) is 11.3 Å². The van der Waals surface area contributed by atoms with E-state index in [2.05, 4.69) is 46.1 Å². The lowest BCUT2D eigenvalue weighted by Crippen LogP contribution is -1.96. The highest BCUT2D eigenvalue weighted by molar-refractivity contribution is 7.22. The van der Waals surface area contributed by atoms with E-state index in [1.165, 1.54) is 16.0 Å². The van der Waals surface area contributed by atoms with E-state index in [9.17, 15) is 0 Å². The summed E-state index contributed by atoms with van der Waals surface area (Å²) in [7, 11) is 0. The number of imidazole rings is 1. The Balaban J connectivity index is 2.02. The van der Waals surface area contributed by atoms with E-state index in [4.69, 9.17) is 0 Å². The van der Waals surface area contributed by atoms with E-state index in [1.54, 1.807) is 30.2 Å². The summed E-state index contributed by atoms with van der Waals surface area (Å²) in [6, 6.07) is 10.4. The summed E-state index contributed by atoms with van der Waals surface area (Å²) in [6.45, 7) is 2.13. The third kappa shape index (κ3) is 1.94. The number of hydrogen-bond acceptors (Lipinski definition) is 4. The fourth-order valence-corrected chi connectivity index (χ4v) is 3.65. The third-order valence-electron chi connectivity index (χ3n) is 3.49. The zero-order valence-corrected chi connectivity index (χ0v) is 12.2. The van der Waals surface area contributed by atoms with E-state index >= 15 is 0 Å². The molecule has 0 unspecified atom stereocenters. The first-order valence-corrected chi connectivity index (χ1v) is 7.44. The highest BCUT2D eigenvalue weighted by Crippen LogP contribution is 2.38. The van der Waals surface area contributed by atoms with Crippen LogP contribution in [0.1, 0.15) is 5.56 Å². The number of benzene rings is 1. The Morgan fingerprint density at radius 3 is 2.71 bits per heavy atom. The Kier molecular flexibility index (Phi) is 2.79. The van der Waals surface area contributed by atoms with E-state index in [0.717, 1.165) is 16.0 Å². The number of aryl methyl sites for hydroxylation is 1. The Labute approximate surface area is 125 Å². The van der Waals surface area contributed by atoms with Crippen molar-refractivity contribution in [2.75, 3.05) is 0 Å². The molecule has 1 aromatic carbocycles. The first kappa shape index (κ1) is 12.2. The van der Waals surface area contributed by atoms with Crippen molar-refractivity contribution in [2.24, 2.45) is 0 Å². The van der Waals surface area contributed by atoms with Gasteiger partial charge in [-0.1, -0.05) is 30.3 Å². The van der Waals surface area contributed by atoms with E-state index < -0.39 is 0 Å². The van der Waals surface area contributed by atoms with Gasteiger partial charge in [-0.05, 0) is 18.1 Å². The van der Waals surface area contributed by atoms with Crippen LogP contribution in [0, 0.1) is 6.92 Å². The van der Waals surface area contributed by atoms with Crippen LogP contribution in [0.4, 0.5) is 0 Å². The lowest BCUT2D eigenvalue weighted by molar-refractivity contribution is 0.993. The van der Waals surface area contributed by atoms with E-state index in [-0.39, 0.29) is 0 Å². The van der Waals surface area contributed by atoms with Crippen molar-refractivity contribution in [3.8, 4) is 16.3 Å². The molecule has 4 aromatic rings. The topological polar surface area (TPSA) is 43.6 Å². The molecule has 0 aliphatic carbocycles. The lowest BCUT2D eigenvalue weighted by atomic mass is 10.1. The first-order valence-electron chi connectivity index (χ1n) is 6.62. The fraction of sp³-hybridized carbons (Fsp3) is 0.0625. The van der Waals surface area contributed by atoms with Crippen molar-refractivity contribution in [2.45, 2.75) is 6.92 Å². The number of thiophene rings is 1. The minimum Gasteiger partial charge on any atom is -0.290 e. The molecule has 0 fully saturated rings. The molecule has 4 nitrogen and oxygen atoms in total. The highest BCUT2D eigenvalue weighted by Gasteiger charge is 2.16. The van der Waals surface area contributed by atoms with Crippen molar-refractivity contribution in [3.05, 3.63) is 60.9 Å². The summed E-state index contributed by atoms with van der Waals surface area (Å²) in [5.74, 6) is 0.883. The van der Waals surface area contributed by atoms with Crippen LogP contribution in [0.3, 0.4) is 0 Å². The van der Waals surface area contributed by atoms with Crippen molar-refractivity contribution < 1.29 is 0 Å². The summed E-state index contributed by atoms with van der Waals surface area (Å²) in [5, 5.41) is 1.10. The molecule has 3 aromatic heterocycles. The number of hydrogen-bond donors (Lipinski definition) is 0. The standard InChI is InChI=1S/C16H12N4S/c1-11-13-15(20-8-7-17-10-20)18-9-19-16(13)21-14(11)12-5-3-2-4-6-12/h2-10H,1H3. The van der Waals surface area contributed by atoms with Gasteiger partial charge in [0.25, 0.3) is 0 Å².